The molecule has 0 bridgehead atoms. The molecule has 2 rings (SSSR count). The molecule has 0 aromatic heterocycles. The number of anilines is 1. The predicted molar refractivity (Wildman–Crippen MR) is 79.7 cm³/mol. The highest BCUT2D eigenvalue weighted by atomic mass is 35.5. The van der Waals surface area contributed by atoms with Gasteiger partial charge < -0.3 is 10.5 Å². The third-order valence-electron chi connectivity index (χ3n) is 2.89. The van der Waals surface area contributed by atoms with Crippen molar-refractivity contribution in [3.63, 3.8) is 0 Å². The molecule has 2 N–H and O–H groups in total. The van der Waals surface area contributed by atoms with Crippen LogP contribution in [-0.4, -0.2) is 15.5 Å². The average molecular weight is 312 g/mol. The summed E-state index contributed by atoms with van der Waals surface area (Å²) in [5.74, 6) is 0.0388. The molecule has 0 saturated carbocycles. The van der Waals surface area contributed by atoms with E-state index in [2.05, 4.69) is 0 Å². The van der Waals surface area contributed by atoms with Crippen LogP contribution in [0.3, 0.4) is 0 Å². The summed E-state index contributed by atoms with van der Waals surface area (Å²) in [5, 5.41) is 0.337. The first kappa shape index (κ1) is 14.7. The van der Waals surface area contributed by atoms with Crippen molar-refractivity contribution in [1.82, 2.24) is 0 Å². The van der Waals surface area contributed by atoms with Crippen molar-refractivity contribution in [3.8, 4) is 5.75 Å². The number of nitrogens with two attached hydrogens (primary N) is 1. The van der Waals surface area contributed by atoms with Crippen molar-refractivity contribution in [3.05, 3.63) is 53.1 Å². The second kappa shape index (κ2) is 5.73. The van der Waals surface area contributed by atoms with Gasteiger partial charge in [0.15, 0.2) is 9.84 Å². The smallest absolute Gasteiger partial charge is 0.186 e. The van der Waals surface area contributed by atoms with E-state index in [0.29, 0.717) is 22.0 Å². The molecule has 0 aliphatic heterocycles. The van der Waals surface area contributed by atoms with Crippen molar-refractivity contribution in [2.45, 2.75) is 10.6 Å². The van der Waals surface area contributed by atoms with E-state index in [1.54, 1.807) is 36.4 Å². The molecular formula is C14H14ClNO3S. The number of halogens is 1. The van der Waals surface area contributed by atoms with Gasteiger partial charge in [0.25, 0.3) is 0 Å². The van der Waals surface area contributed by atoms with E-state index < -0.39 is 9.84 Å². The van der Waals surface area contributed by atoms with Crippen LogP contribution < -0.4 is 10.5 Å². The van der Waals surface area contributed by atoms with Crippen LogP contribution in [0.4, 0.5) is 5.69 Å². The van der Waals surface area contributed by atoms with Crippen molar-refractivity contribution < 1.29 is 13.2 Å². The quantitative estimate of drug-likeness (QED) is 0.881. The lowest BCUT2D eigenvalue weighted by molar-refractivity contribution is 0.402. The predicted octanol–water partition coefficient (Wildman–Crippen LogP) is 2.90. The molecule has 0 aliphatic carbocycles. The molecule has 0 aliphatic rings. The first-order valence-electron chi connectivity index (χ1n) is 5.84. The molecule has 0 heterocycles. The van der Waals surface area contributed by atoms with E-state index in [1.807, 2.05) is 0 Å². The molecule has 0 saturated heterocycles. The Morgan fingerprint density at radius 2 is 1.85 bits per heavy atom. The minimum Gasteiger partial charge on any atom is -0.495 e. The summed E-state index contributed by atoms with van der Waals surface area (Å²) in [6.45, 7) is 0. The highest BCUT2D eigenvalue weighted by Gasteiger charge is 2.22. The Bertz CT molecular complexity index is 709. The fourth-order valence-electron chi connectivity index (χ4n) is 1.87. The second-order valence-electron chi connectivity index (χ2n) is 4.22. The van der Waals surface area contributed by atoms with Gasteiger partial charge in [0, 0.05) is 16.3 Å². The molecule has 0 atom stereocenters. The Morgan fingerprint density at radius 1 is 1.15 bits per heavy atom. The van der Waals surface area contributed by atoms with Gasteiger partial charge in [0.05, 0.1) is 12.9 Å². The Morgan fingerprint density at radius 3 is 2.50 bits per heavy atom. The summed E-state index contributed by atoms with van der Waals surface area (Å²) >= 11 is 6.02. The fourth-order valence-corrected chi connectivity index (χ4v) is 3.80. The lowest BCUT2D eigenvalue weighted by Gasteiger charge is -2.11. The van der Waals surface area contributed by atoms with Gasteiger partial charge in [0.2, 0.25) is 0 Å². The summed E-state index contributed by atoms with van der Waals surface area (Å²) in [5.41, 5.74) is 6.56. The SMILES string of the molecule is COc1ccccc1S(=O)(=O)Cc1c(N)cccc1Cl. The van der Waals surface area contributed by atoms with Crippen LogP contribution in [0.25, 0.3) is 0 Å². The number of ether oxygens (including phenoxy) is 1. The van der Waals surface area contributed by atoms with Crippen LogP contribution in [0.15, 0.2) is 47.4 Å². The number of rotatable bonds is 4. The number of hydrogen-bond acceptors (Lipinski definition) is 4. The standard InChI is InChI=1S/C14H14ClNO3S/c1-19-13-7-2-3-8-14(13)20(17,18)9-10-11(15)5-4-6-12(10)16/h2-8H,9,16H2,1H3. The molecule has 4 nitrogen and oxygen atoms in total. The van der Waals surface area contributed by atoms with E-state index in [4.69, 9.17) is 22.1 Å². The summed E-state index contributed by atoms with van der Waals surface area (Å²) in [7, 11) is -2.16. The number of nitrogen functional groups attached to an aromatic ring is 1. The lowest BCUT2D eigenvalue weighted by atomic mass is 10.2. The Labute approximate surface area is 123 Å². The highest BCUT2D eigenvalue weighted by molar-refractivity contribution is 7.90. The minimum absolute atomic E-state index is 0.127. The Balaban J connectivity index is 2.47. The number of methoxy groups -OCH3 is 1. The fraction of sp³-hybridized carbons (Fsp3) is 0.143. The van der Waals surface area contributed by atoms with Crippen molar-refractivity contribution >= 4 is 27.1 Å². The summed E-state index contributed by atoms with van der Waals surface area (Å²) in [6, 6.07) is 11.4. The lowest BCUT2D eigenvalue weighted by Crippen LogP contribution is -2.09. The maximum atomic E-state index is 12.5. The number of hydrogen-bond donors (Lipinski definition) is 1. The third-order valence-corrected chi connectivity index (χ3v) is 4.92. The molecule has 20 heavy (non-hydrogen) atoms. The molecule has 0 radical (unpaired) electrons. The molecule has 0 unspecified atom stereocenters. The van der Waals surface area contributed by atoms with E-state index in [1.165, 1.54) is 13.2 Å². The van der Waals surface area contributed by atoms with Gasteiger partial charge in [-0.3, -0.25) is 0 Å². The molecule has 0 fully saturated rings. The van der Waals surface area contributed by atoms with E-state index in [9.17, 15) is 8.42 Å². The van der Waals surface area contributed by atoms with Gasteiger partial charge in [0.1, 0.15) is 10.6 Å². The first-order chi connectivity index (χ1) is 9.45. The maximum Gasteiger partial charge on any atom is 0.186 e. The normalized spacial score (nSPS) is 11.3. The summed E-state index contributed by atoms with van der Waals surface area (Å²) in [4.78, 5) is 0.127. The minimum atomic E-state index is -3.59. The maximum absolute atomic E-state index is 12.5. The van der Waals surface area contributed by atoms with Gasteiger partial charge in [-0.25, -0.2) is 8.42 Å². The first-order valence-corrected chi connectivity index (χ1v) is 7.87. The molecule has 2 aromatic rings. The molecule has 0 amide bonds. The van der Waals surface area contributed by atoms with Crippen LogP contribution in [0, 0.1) is 0 Å². The molecule has 0 spiro atoms. The Hall–Kier alpha value is -1.72. The van der Waals surface area contributed by atoms with Gasteiger partial charge >= 0.3 is 0 Å². The molecule has 106 valence electrons. The average Bonchev–Trinajstić information content (AvgIpc) is 2.43. The van der Waals surface area contributed by atoms with Crippen LogP contribution in [0.1, 0.15) is 5.56 Å². The highest BCUT2D eigenvalue weighted by Crippen LogP contribution is 2.30. The summed E-state index contributed by atoms with van der Waals surface area (Å²) in [6.07, 6.45) is 0. The molecular weight excluding hydrogens is 298 g/mol. The monoisotopic (exact) mass is 311 g/mol. The van der Waals surface area contributed by atoms with Crippen LogP contribution in [-0.2, 0) is 15.6 Å². The zero-order valence-electron chi connectivity index (χ0n) is 10.8. The molecule has 2 aromatic carbocycles. The largest absolute Gasteiger partial charge is 0.495 e. The van der Waals surface area contributed by atoms with Crippen LogP contribution in [0.2, 0.25) is 5.02 Å². The summed E-state index contributed by atoms with van der Waals surface area (Å²) < 4.78 is 30.1. The number of sulfone groups is 1. The zero-order chi connectivity index (χ0) is 14.8. The van der Waals surface area contributed by atoms with Gasteiger partial charge in [-0.05, 0) is 24.3 Å². The van der Waals surface area contributed by atoms with Crippen LogP contribution in [0.5, 0.6) is 5.75 Å². The van der Waals surface area contributed by atoms with Crippen molar-refractivity contribution in [2.24, 2.45) is 0 Å². The van der Waals surface area contributed by atoms with E-state index >= 15 is 0 Å². The second-order valence-corrected chi connectivity index (χ2v) is 6.58. The number of benzene rings is 2. The van der Waals surface area contributed by atoms with E-state index in [0.717, 1.165) is 0 Å². The van der Waals surface area contributed by atoms with Gasteiger partial charge in [-0.2, -0.15) is 0 Å². The van der Waals surface area contributed by atoms with Crippen LogP contribution >= 0.6 is 11.6 Å². The third kappa shape index (κ3) is 2.89. The topological polar surface area (TPSA) is 69.4 Å². The van der Waals surface area contributed by atoms with Crippen molar-refractivity contribution in [1.29, 1.82) is 0 Å². The van der Waals surface area contributed by atoms with Gasteiger partial charge in [-0.15, -0.1) is 0 Å². The van der Waals surface area contributed by atoms with E-state index in [-0.39, 0.29) is 10.6 Å². The molecule has 6 heteroatoms. The van der Waals surface area contributed by atoms with Crippen molar-refractivity contribution in [2.75, 3.05) is 12.8 Å². The van der Waals surface area contributed by atoms with Gasteiger partial charge in [-0.1, -0.05) is 29.8 Å². The zero-order valence-corrected chi connectivity index (χ0v) is 12.4. The number of para-hydroxylation sites is 1. The Kier molecular flexibility index (Phi) is 4.20.